The van der Waals surface area contributed by atoms with Crippen molar-refractivity contribution < 1.29 is 9.90 Å². The van der Waals surface area contributed by atoms with E-state index in [0.717, 1.165) is 24.2 Å². The van der Waals surface area contributed by atoms with Crippen LogP contribution in [0.4, 0.5) is 0 Å². The number of hydrogen-bond acceptors (Lipinski definition) is 4. The summed E-state index contributed by atoms with van der Waals surface area (Å²) in [5.74, 6) is 0.675. The Morgan fingerprint density at radius 1 is 1.53 bits per heavy atom. The second-order valence-corrected chi connectivity index (χ2v) is 5.84. The third-order valence-corrected chi connectivity index (χ3v) is 3.90. The van der Waals surface area contributed by atoms with E-state index in [4.69, 9.17) is 0 Å². The summed E-state index contributed by atoms with van der Waals surface area (Å²) in [6, 6.07) is 4.14. The van der Waals surface area contributed by atoms with Crippen LogP contribution in [0.15, 0.2) is 24.5 Å². The number of rotatable bonds is 7. The highest BCUT2D eigenvalue weighted by atomic mass is 32.2. The molecule has 2 rings (SSSR count). The van der Waals surface area contributed by atoms with Crippen LogP contribution in [0.5, 0.6) is 0 Å². The minimum absolute atomic E-state index is 0.131. The molecule has 1 aromatic heterocycles. The number of amides is 1. The Morgan fingerprint density at radius 3 is 2.79 bits per heavy atom. The molecule has 1 N–H and O–H groups in total. The summed E-state index contributed by atoms with van der Waals surface area (Å²) in [6.45, 7) is 0.572. The van der Waals surface area contributed by atoms with Crippen LogP contribution in [0.25, 0.3) is 0 Å². The Kier molecular flexibility index (Phi) is 5.22. The maximum Gasteiger partial charge on any atom is 0.251 e. The monoisotopic (exact) mass is 280 g/mol. The average molecular weight is 280 g/mol. The van der Waals surface area contributed by atoms with Gasteiger partial charge in [-0.2, -0.15) is 11.8 Å². The van der Waals surface area contributed by atoms with Crippen molar-refractivity contribution in [2.24, 2.45) is 0 Å². The van der Waals surface area contributed by atoms with Crippen molar-refractivity contribution >= 4 is 17.7 Å². The minimum atomic E-state index is -0.866. The van der Waals surface area contributed by atoms with Gasteiger partial charge in [-0.25, -0.2) is 0 Å². The fraction of sp³-hybridized carbons (Fsp3) is 0.571. The number of pyridine rings is 1. The number of aromatic nitrogens is 1. The molecule has 104 valence electrons. The first-order valence-electron chi connectivity index (χ1n) is 6.58. The molecule has 4 nitrogen and oxygen atoms in total. The highest BCUT2D eigenvalue weighted by molar-refractivity contribution is 7.98. The Hall–Kier alpha value is -1.07. The minimum Gasteiger partial charge on any atom is -0.383 e. The number of carbonyl (C=O) groups is 1. The molecule has 1 aliphatic rings. The molecule has 0 aliphatic heterocycles. The van der Waals surface area contributed by atoms with Gasteiger partial charge in [0.25, 0.3) is 5.91 Å². The maximum absolute atomic E-state index is 12.3. The van der Waals surface area contributed by atoms with Crippen molar-refractivity contribution in [2.45, 2.75) is 38.0 Å². The van der Waals surface area contributed by atoms with Gasteiger partial charge in [-0.15, -0.1) is 0 Å². The molecule has 1 fully saturated rings. The van der Waals surface area contributed by atoms with Gasteiger partial charge in [0.1, 0.15) is 6.10 Å². The first-order valence-corrected chi connectivity index (χ1v) is 7.98. The molecule has 1 aromatic rings. The van der Waals surface area contributed by atoms with Crippen molar-refractivity contribution in [1.82, 2.24) is 9.88 Å². The Morgan fingerprint density at radius 2 is 2.21 bits per heavy atom. The highest BCUT2D eigenvalue weighted by Crippen LogP contribution is 2.29. The molecule has 0 spiro atoms. The van der Waals surface area contributed by atoms with Crippen LogP contribution in [0, 0.1) is 0 Å². The molecule has 1 amide bonds. The van der Waals surface area contributed by atoms with Crippen LogP contribution < -0.4 is 0 Å². The second-order valence-electron chi connectivity index (χ2n) is 4.85. The average Bonchev–Trinajstić information content (AvgIpc) is 3.27. The standard InChI is InChI=1S/C14H20N2O2S/c1-19-9-6-13(17)14(18)16(12-2-3-12)10-11-4-7-15-8-5-11/h4-5,7-8,12-13,17H,2-3,6,9-10H2,1H3. The lowest BCUT2D eigenvalue weighted by Crippen LogP contribution is -2.40. The van der Waals surface area contributed by atoms with Crippen LogP contribution in [-0.2, 0) is 11.3 Å². The molecule has 1 saturated carbocycles. The number of aliphatic hydroxyl groups excluding tert-OH is 1. The quantitative estimate of drug-likeness (QED) is 0.826. The van der Waals surface area contributed by atoms with E-state index in [-0.39, 0.29) is 5.91 Å². The van der Waals surface area contributed by atoms with Crippen molar-refractivity contribution in [3.63, 3.8) is 0 Å². The molecule has 1 atom stereocenters. The van der Waals surface area contributed by atoms with E-state index in [1.807, 2.05) is 23.3 Å². The lowest BCUT2D eigenvalue weighted by atomic mass is 10.2. The first-order chi connectivity index (χ1) is 9.22. The molecule has 1 heterocycles. The van der Waals surface area contributed by atoms with E-state index in [9.17, 15) is 9.90 Å². The summed E-state index contributed by atoms with van der Waals surface area (Å²) in [4.78, 5) is 18.1. The van der Waals surface area contributed by atoms with E-state index in [2.05, 4.69) is 4.98 Å². The van der Waals surface area contributed by atoms with Gasteiger partial charge in [0, 0.05) is 25.0 Å². The van der Waals surface area contributed by atoms with Crippen LogP contribution in [0.1, 0.15) is 24.8 Å². The molecule has 0 aromatic carbocycles. The molecular formula is C14H20N2O2S. The van der Waals surface area contributed by atoms with Crippen molar-refractivity contribution in [3.05, 3.63) is 30.1 Å². The lowest BCUT2D eigenvalue weighted by Gasteiger charge is -2.25. The van der Waals surface area contributed by atoms with Gasteiger partial charge in [-0.1, -0.05) is 0 Å². The molecule has 1 aliphatic carbocycles. The summed E-state index contributed by atoms with van der Waals surface area (Å²) in [5.41, 5.74) is 1.06. The molecule has 0 saturated heterocycles. The van der Waals surface area contributed by atoms with E-state index in [1.54, 1.807) is 24.2 Å². The summed E-state index contributed by atoms with van der Waals surface area (Å²) in [7, 11) is 0. The van der Waals surface area contributed by atoms with Crippen molar-refractivity contribution in [1.29, 1.82) is 0 Å². The zero-order valence-electron chi connectivity index (χ0n) is 11.2. The Bertz CT molecular complexity index is 409. The van der Waals surface area contributed by atoms with Gasteiger partial charge in [-0.3, -0.25) is 9.78 Å². The summed E-state index contributed by atoms with van der Waals surface area (Å²) in [6.07, 6.45) is 7.20. The molecule has 1 unspecified atom stereocenters. The summed E-state index contributed by atoms with van der Waals surface area (Å²) in [5, 5.41) is 9.96. The number of aliphatic hydroxyl groups is 1. The second kappa shape index (κ2) is 6.91. The summed E-state index contributed by atoms with van der Waals surface area (Å²) < 4.78 is 0. The third-order valence-electron chi connectivity index (χ3n) is 3.25. The van der Waals surface area contributed by atoms with Gasteiger partial charge in [-0.05, 0) is 49.0 Å². The smallest absolute Gasteiger partial charge is 0.251 e. The number of nitrogens with zero attached hydrogens (tertiary/aromatic N) is 2. The van der Waals surface area contributed by atoms with E-state index >= 15 is 0 Å². The highest BCUT2D eigenvalue weighted by Gasteiger charge is 2.35. The Labute approximate surface area is 118 Å². The third kappa shape index (κ3) is 4.21. The number of hydrogen-bond donors (Lipinski definition) is 1. The Balaban J connectivity index is 1.97. The fourth-order valence-electron chi connectivity index (χ4n) is 2.00. The van der Waals surface area contributed by atoms with Crippen molar-refractivity contribution in [2.75, 3.05) is 12.0 Å². The predicted octanol–water partition coefficient (Wildman–Crippen LogP) is 1.69. The molecule has 5 heteroatoms. The predicted molar refractivity (Wildman–Crippen MR) is 76.8 cm³/mol. The van der Waals surface area contributed by atoms with Crippen LogP contribution in [-0.4, -0.2) is 45.1 Å². The molecule has 0 bridgehead atoms. The molecular weight excluding hydrogens is 260 g/mol. The maximum atomic E-state index is 12.3. The largest absolute Gasteiger partial charge is 0.383 e. The zero-order chi connectivity index (χ0) is 13.7. The fourth-order valence-corrected chi connectivity index (χ4v) is 2.46. The van der Waals surface area contributed by atoms with E-state index in [0.29, 0.717) is 19.0 Å². The van der Waals surface area contributed by atoms with Gasteiger partial charge in [0.05, 0.1) is 0 Å². The first kappa shape index (κ1) is 14.3. The van der Waals surface area contributed by atoms with Gasteiger partial charge < -0.3 is 10.0 Å². The normalized spacial score (nSPS) is 16.1. The van der Waals surface area contributed by atoms with Crippen LogP contribution in [0.2, 0.25) is 0 Å². The topological polar surface area (TPSA) is 53.4 Å². The number of carbonyl (C=O) groups excluding carboxylic acids is 1. The van der Waals surface area contributed by atoms with Gasteiger partial charge >= 0.3 is 0 Å². The van der Waals surface area contributed by atoms with E-state index < -0.39 is 6.10 Å². The summed E-state index contributed by atoms with van der Waals surface area (Å²) >= 11 is 1.65. The van der Waals surface area contributed by atoms with E-state index in [1.165, 1.54) is 0 Å². The molecule has 19 heavy (non-hydrogen) atoms. The van der Waals surface area contributed by atoms with Crippen LogP contribution >= 0.6 is 11.8 Å². The molecule has 0 radical (unpaired) electrons. The van der Waals surface area contributed by atoms with Crippen LogP contribution in [0.3, 0.4) is 0 Å². The SMILES string of the molecule is CSCCC(O)C(=O)N(Cc1ccncc1)C1CC1. The number of thioether (sulfide) groups is 1. The van der Waals surface area contributed by atoms with Gasteiger partial charge in [0.2, 0.25) is 0 Å². The lowest BCUT2D eigenvalue weighted by molar-refractivity contribution is -0.141. The zero-order valence-corrected chi connectivity index (χ0v) is 12.0. The van der Waals surface area contributed by atoms with Crippen molar-refractivity contribution in [3.8, 4) is 0 Å². The van der Waals surface area contributed by atoms with Gasteiger partial charge in [0.15, 0.2) is 0 Å².